The van der Waals surface area contributed by atoms with Gasteiger partial charge in [-0.2, -0.15) is 0 Å². The topological polar surface area (TPSA) is 32.7 Å². The maximum atomic E-state index is 13.0. The van der Waals surface area contributed by atoms with Crippen LogP contribution in [0.5, 0.6) is 5.75 Å². The molecule has 0 unspecified atom stereocenters. The van der Waals surface area contributed by atoms with Crippen molar-refractivity contribution in [1.29, 1.82) is 0 Å². The third-order valence-electron chi connectivity index (χ3n) is 4.00. The normalized spacial score (nSPS) is 12.6. The largest absolute Gasteiger partial charge is 0.491 e. The Bertz CT molecular complexity index is 628. The van der Waals surface area contributed by atoms with Crippen molar-refractivity contribution in [2.75, 3.05) is 13.2 Å². The van der Waals surface area contributed by atoms with Crippen LogP contribution in [0.1, 0.15) is 25.0 Å². The highest BCUT2D eigenvalue weighted by Gasteiger charge is 2.16. The molecule has 0 spiro atoms. The Labute approximate surface area is 143 Å². The first-order chi connectivity index (χ1) is 11.5. The average molecular weight is 331 g/mol. The lowest BCUT2D eigenvalue weighted by atomic mass is 10.1. The number of benzene rings is 2. The summed E-state index contributed by atoms with van der Waals surface area (Å²) in [6, 6.07) is 14.5. The van der Waals surface area contributed by atoms with E-state index in [1.54, 1.807) is 12.1 Å². The number of aliphatic hydroxyl groups excluding tert-OH is 1. The van der Waals surface area contributed by atoms with Gasteiger partial charge in [0.05, 0.1) is 0 Å². The Kier molecular flexibility index (Phi) is 6.76. The highest BCUT2D eigenvalue weighted by Crippen LogP contribution is 2.17. The highest BCUT2D eigenvalue weighted by atomic mass is 19.1. The van der Waals surface area contributed by atoms with Crippen LogP contribution in [0, 0.1) is 12.7 Å². The standard InChI is InChI=1S/C20H26FNO2/c1-15(2)22(12-17-8-10-18(21)11-9-17)13-19(23)14-24-20-7-5-4-6-16(20)3/h4-11,15,19,23H,12-14H2,1-3H3/t19-/m1/s1. The van der Waals surface area contributed by atoms with Crippen molar-refractivity contribution in [2.24, 2.45) is 0 Å². The van der Waals surface area contributed by atoms with E-state index < -0.39 is 6.10 Å². The van der Waals surface area contributed by atoms with Crippen LogP contribution in [0.15, 0.2) is 48.5 Å². The van der Waals surface area contributed by atoms with Crippen molar-refractivity contribution >= 4 is 0 Å². The number of aliphatic hydroxyl groups is 1. The van der Waals surface area contributed by atoms with Crippen LogP contribution in [0.3, 0.4) is 0 Å². The summed E-state index contributed by atoms with van der Waals surface area (Å²) < 4.78 is 18.7. The van der Waals surface area contributed by atoms with E-state index in [0.29, 0.717) is 13.1 Å². The number of hydrogen-bond acceptors (Lipinski definition) is 3. The molecule has 0 amide bonds. The summed E-state index contributed by atoms with van der Waals surface area (Å²) in [5.41, 5.74) is 2.08. The third-order valence-corrected chi connectivity index (χ3v) is 4.00. The third kappa shape index (κ3) is 5.62. The fourth-order valence-electron chi connectivity index (χ4n) is 2.51. The van der Waals surface area contributed by atoms with Gasteiger partial charge in [-0.3, -0.25) is 4.90 Å². The van der Waals surface area contributed by atoms with Gasteiger partial charge in [0.1, 0.15) is 24.3 Å². The smallest absolute Gasteiger partial charge is 0.123 e. The lowest BCUT2D eigenvalue weighted by Gasteiger charge is -2.29. The Morgan fingerprint density at radius 3 is 2.38 bits per heavy atom. The number of para-hydroxylation sites is 1. The molecule has 0 saturated heterocycles. The SMILES string of the molecule is Cc1ccccc1OC[C@H](O)CN(Cc1ccc(F)cc1)C(C)C. The Hall–Kier alpha value is -1.91. The predicted octanol–water partition coefficient (Wildman–Crippen LogP) is 3.78. The van der Waals surface area contributed by atoms with E-state index in [1.807, 2.05) is 31.2 Å². The molecule has 2 aromatic rings. The number of nitrogens with zero attached hydrogens (tertiary/aromatic N) is 1. The molecular weight excluding hydrogens is 305 g/mol. The van der Waals surface area contributed by atoms with Gasteiger partial charge in [0.2, 0.25) is 0 Å². The summed E-state index contributed by atoms with van der Waals surface area (Å²) >= 11 is 0. The maximum Gasteiger partial charge on any atom is 0.123 e. The summed E-state index contributed by atoms with van der Waals surface area (Å²) in [6.07, 6.45) is -0.590. The fraction of sp³-hybridized carbons (Fsp3) is 0.400. The lowest BCUT2D eigenvalue weighted by molar-refractivity contribution is 0.0541. The molecular formula is C20H26FNO2. The molecule has 1 N–H and O–H groups in total. The molecule has 0 fully saturated rings. The van der Waals surface area contributed by atoms with Crippen LogP contribution >= 0.6 is 0 Å². The van der Waals surface area contributed by atoms with Gasteiger partial charge >= 0.3 is 0 Å². The molecule has 2 aromatic carbocycles. The van der Waals surface area contributed by atoms with Crippen LogP contribution in [-0.4, -0.2) is 35.3 Å². The van der Waals surface area contributed by atoms with Gasteiger partial charge in [0.15, 0.2) is 0 Å². The van der Waals surface area contributed by atoms with Crippen LogP contribution in [0.4, 0.5) is 4.39 Å². The first-order valence-electron chi connectivity index (χ1n) is 8.30. The minimum Gasteiger partial charge on any atom is -0.491 e. The van der Waals surface area contributed by atoms with E-state index in [2.05, 4.69) is 18.7 Å². The molecule has 3 nitrogen and oxygen atoms in total. The van der Waals surface area contributed by atoms with E-state index in [4.69, 9.17) is 4.74 Å². The van der Waals surface area contributed by atoms with Crippen LogP contribution < -0.4 is 4.74 Å². The van der Waals surface area contributed by atoms with Gasteiger partial charge in [0, 0.05) is 19.1 Å². The second kappa shape index (κ2) is 8.81. The van der Waals surface area contributed by atoms with Crippen molar-refractivity contribution in [2.45, 2.75) is 39.5 Å². The molecule has 0 heterocycles. The molecule has 1 atom stereocenters. The molecule has 0 aliphatic carbocycles. The Balaban J connectivity index is 1.89. The molecule has 0 radical (unpaired) electrons. The van der Waals surface area contributed by atoms with Crippen LogP contribution in [0.25, 0.3) is 0 Å². The summed E-state index contributed by atoms with van der Waals surface area (Å²) in [5.74, 6) is 0.563. The number of hydrogen-bond donors (Lipinski definition) is 1. The molecule has 4 heteroatoms. The molecule has 0 saturated carbocycles. The zero-order chi connectivity index (χ0) is 17.5. The van der Waals surface area contributed by atoms with Crippen LogP contribution in [-0.2, 0) is 6.54 Å². The highest BCUT2D eigenvalue weighted by molar-refractivity contribution is 5.31. The monoisotopic (exact) mass is 331 g/mol. The number of ether oxygens (including phenoxy) is 1. The van der Waals surface area contributed by atoms with Gasteiger partial charge < -0.3 is 9.84 Å². The average Bonchev–Trinajstić information content (AvgIpc) is 2.55. The fourth-order valence-corrected chi connectivity index (χ4v) is 2.51. The van der Waals surface area contributed by atoms with E-state index in [-0.39, 0.29) is 18.5 Å². The van der Waals surface area contributed by atoms with E-state index in [9.17, 15) is 9.50 Å². The number of rotatable bonds is 8. The molecule has 2 rings (SSSR count). The van der Waals surface area contributed by atoms with Gasteiger partial charge in [-0.25, -0.2) is 4.39 Å². The van der Waals surface area contributed by atoms with E-state index in [0.717, 1.165) is 16.9 Å². The van der Waals surface area contributed by atoms with Crippen molar-refractivity contribution in [3.63, 3.8) is 0 Å². The maximum absolute atomic E-state index is 13.0. The second-order valence-electron chi connectivity index (χ2n) is 6.38. The second-order valence-corrected chi connectivity index (χ2v) is 6.38. The first kappa shape index (κ1) is 18.4. The zero-order valence-electron chi connectivity index (χ0n) is 14.6. The quantitative estimate of drug-likeness (QED) is 0.799. The minimum absolute atomic E-state index is 0.235. The van der Waals surface area contributed by atoms with Crippen molar-refractivity contribution in [1.82, 2.24) is 4.90 Å². The summed E-state index contributed by atoms with van der Waals surface area (Å²) in [6.45, 7) is 7.56. The van der Waals surface area contributed by atoms with Gasteiger partial charge in [-0.05, 0) is 50.1 Å². The summed E-state index contributed by atoms with van der Waals surface area (Å²) in [5, 5.41) is 10.3. The van der Waals surface area contributed by atoms with E-state index in [1.165, 1.54) is 12.1 Å². The predicted molar refractivity (Wildman–Crippen MR) is 94.6 cm³/mol. The van der Waals surface area contributed by atoms with E-state index >= 15 is 0 Å². The number of aryl methyl sites for hydroxylation is 1. The Morgan fingerprint density at radius 2 is 1.75 bits per heavy atom. The van der Waals surface area contributed by atoms with Gasteiger partial charge in [0.25, 0.3) is 0 Å². The lowest BCUT2D eigenvalue weighted by Crippen LogP contribution is -2.39. The Morgan fingerprint density at radius 1 is 1.08 bits per heavy atom. The van der Waals surface area contributed by atoms with Gasteiger partial charge in [-0.1, -0.05) is 30.3 Å². The zero-order valence-corrected chi connectivity index (χ0v) is 14.6. The summed E-state index contributed by atoms with van der Waals surface area (Å²) in [7, 11) is 0. The molecule has 24 heavy (non-hydrogen) atoms. The molecule has 0 bridgehead atoms. The van der Waals surface area contributed by atoms with Gasteiger partial charge in [-0.15, -0.1) is 0 Å². The molecule has 0 aliphatic rings. The number of halogens is 1. The first-order valence-corrected chi connectivity index (χ1v) is 8.30. The molecule has 0 aromatic heterocycles. The van der Waals surface area contributed by atoms with Crippen molar-refractivity contribution in [3.05, 3.63) is 65.5 Å². The van der Waals surface area contributed by atoms with Crippen LogP contribution in [0.2, 0.25) is 0 Å². The molecule has 0 aliphatic heterocycles. The van der Waals surface area contributed by atoms with Crippen molar-refractivity contribution < 1.29 is 14.2 Å². The molecule has 130 valence electrons. The summed E-state index contributed by atoms with van der Waals surface area (Å²) in [4.78, 5) is 2.15. The van der Waals surface area contributed by atoms with Crippen molar-refractivity contribution in [3.8, 4) is 5.75 Å². The minimum atomic E-state index is -0.590.